The Morgan fingerprint density at radius 3 is 2.49 bits per heavy atom. The molecule has 0 amide bonds. The molecule has 3 aromatic carbocycles. The minimum Gasteiger partial charge on any atom is -0.436 e. The fraction of sp³-hybridized carbons (Fsp3) is 0.290. The molecule has 4 heteroatoms. The van der Waals surface area contributed by atoms with Crippen molar-refractivity contribution in [2.75, 3.05) is 0 Å². The number of nitrogens with zero attached hydrogens (tertiary/aromatic N) is 2. The van der Waals surface area contributed by atoms with E-state index < -0.39 is 0 Å². The number of fused-ring (bicyclic) bond motifs is 6. The molecule has 35 heavy (non-hydrogen) atoms. The van der Waals surface area contributed by atoms with Gasteiger partial charge in [0.05, 0.1) is 15.8 Å². The highest BCUT2D eigenvalue weighted by Crippen LogP contribution is 2.43. The maximum Gasteiger partial charge on any atom is 0.231 e. The predicted molar refractivity (Wildman–Crippen MR) is 150 cm³/mol. The quantitative estimate of drug-likeness (QED) is 0.254. The van der Waals surface area contributed by atoms with E-state index in [1.165, 1.54) is 36.9 Å². The average Bonchev–Trinajstić information content (AvgIpc) is 3.35. The number of rotatable bonds is 3. The lowest BCUT2D eigenvalue weighted by Gasteiger charge is -2.22. The van der Waals surface area contributed by atoms with Crippen LogP contribution >= 0.6 is 11.3 Å². The van der Waals surface area contributed by atoms with E-state index in [9.17, 15) is 0 Å². The maximum absolute atomic E-state index is 6.45. The summed E-state index contributed by atoms with van der Waals surface area (Å²) in [5.41, 5.74) is 6.31. The Hall–Kier alpha value is -3.24. The number of hydrogen-bond acceptors (Lipinski definition) is 4. The first-order valence-electron chi connectivity index (χ1n) is 12.3. The van der Waals surface area contributed by atoms with Crippen LogP contribution in [0.5, 0.6) is 0 Å². The highest BCUT2D eigenvalue weighted by molar-refractivity contribution is 7.20. The van der Waals surface area contributed by atoms with Gasteiger partial charge in [0.1, 0.15) is 6.33 Å². The molecule has 0 saturated carbocycles. The standard InChI is InChI=1S/C31H30N2OS/c1-17(2)13-25-18(3)21-11-12-23-26-27(32-16-33-30(26)34-28(23)29(21)35-25)20-14-19-9-7-8-10-22(19)24(15-20)31(4,5)6/h7-12,14-17H,13H2,1-6H3. The summed E-state index contributed by atoms with van der Waals surface area (Å²) in [6.07, 6.45) is 2.72. The SMILES string of the molecule is Cc1c(CC(C)C)sc2c1ccc1c2oc2ncnc(-c3cc(C(C)(C)C)c4ccccc4c3)c21. The van der Waals surface area contributed by atoms with E-state index in [1.807, 2.05) is 11.3 Å². The molecule has 0 aliphatic carbocycles. The average molecular weight is 479 g/mol. The maximum atomic E-state index is 6.45. The van der Waals surface area contributed by atoms with Gasteiger partial charge in [-0.05, 0) is 70.2 Å². The lowest BCUT2D eigenvalue weighted by atomic mass is 9.82. The van der Waals surface area contributed by atoms with Crippen LogP contribution in [0.2, 0.25) is 0 Å². The van der Waals surface area contributed by atoms with Crippen molar-refractivity contribution in [2.45, 2.75) is 53.4 Å². The molecular formula is C31H30N2OS. The summed E-state index contributed by atoms with van der Waals surface area (Å²) in [4.78, 5) is 10.8. The van der Waals surface area contributed by atoms with Crippen LogP contribution in [0.25, 0.3) is 54.2 Å². The summed E-state index contributed by atoms with van der Waals surface area (Å²) >= 11 is 1.86. The Bertz CT molecular complexity index is 1750. The summed E-state index contributed by atoms with van der Waals surface area (Å²) in [5, 5.41) is 5.89. The van der Waals surface area contributed by atoms with Crippen LogP contribution < -0.4 is 0 Å². The van der Waals surface area contributed by atoms with Crippen molar-refractivity contribution in [1.82, 2.24) is 9.97 Å². The number of furan rings is 1. The summed E-state index contributed by atoms with van der Waals surface area (Å²) in [6.45, 7) is 13.6. The third-order valence-electron chi connectivity index (χ3n) is 6.98. The van der Waals surface area contributed by atoms with Crippen LogP contribution in [-0.4, -0.2) is 9.97 Å². The molecule has 3 heterocycles. The lowest BCUT2D eigenvalue weighted by molar-refractivity contribution is 0.596. The fourth-order valence-corrected chi connectivity index (χ4v) is 6.75. The summed E-state index contributed by atoms with van der Waals surface area (Å²) in [7, 11) is 0. The number of benzene rings is 3. The molecule has 0 atom stereocenters. The summed E-state index contributed by atoms with van der Waals surface area (Å²) in [6, 6.07) is 17.6. The Morgan fingerprint density at radius 1 is 0.943 bits per heavy atom. The molecule has 6 aromatic rings. The fourth-order valence-electron chi connectivity index (χ4n) is 5.25. The Morgan fingerprint density at radius 2 is 1.71 bits per heavy atom. The van der Waals surface area contributed by atoms with Crippen molar-refractivity contribution in [3.05, 3.63) is 70.9 Å². The summed E-state index contributed by atoms with van der Waals surface area (Å²) < 4.78 is 7.66. The predicted octanol–water partition coefficient (Wildman–Crippen LogP) is 9.22. The van der Waals surface area contributed by atoms with Gasteiger partial charge in [0, 0.05) is 15.8 Å². The zero-order valence-corrected chi connectivity index (χ0v) is 22.0. The normalized spacial score (nSPS) is 12.7. The number of hydrogen-bond donors (Lipinski definition) is 0. The molecule has 6 rings (SSSR count). The smallest absolute Gasteiger partial charge is 0.231 e. The van der Waals surface area contributed by atoms with Gasteiger partial charge in [-0.25, -0.2) is 9.97 Å². The van der Waals surface area contributed by atoms with Gasteiger partial charge >= 0.3 is 0 Å². The van der Waals surface area contributed by atoms with Crippen LogP contribution in [0, 0.1) is 12.8 Å². The van der Waals surface area contributed by atoms with Gasteiger partial charge in [0.25, 0.3) is 0 Å². The molecule has 0 spiro atoms. The van der Waals surface area contributed by atoms with E-state index in [4.69, 9.17) is 9.40 Å². The van der Waals surface area contributed by atoms with E-state index in [1.54, 1.807) is 6.33 Å². The molecule has 3 nitrogen and oxygen atoms in total. The second-order valence-electron chi connectivity index (χ2n) is 11.1. The first-order chi connectivity index (χ1) is 16.7. The first-order valence-corrected chi connectivity index (χ1v) is 13.2. The zero-order valence-electron chi connectivity index (χ0n) is 21.2. The monoisotopic (exact) mass is 478 g/mol. The second kappa shape index (κ2) is 7.89. The van der Waals surface area contributed by atoms with Crippen molar-refractivity contribution in [1.29, 1.82) is 0 Å². The molecule has 0 radical (unpaired) electrons. The van der Waals surface area contributed by atoms with E-state index in [0.717, 1.165) is 34.0 Å². The number of thiophene rings is 1. The van der Waals surface area contributed by atoms with Crippen molar-refractivity contribution in [3.63, 3.8) is 0 Å². The zero-order chi connectivity index (χ0) is 24.5. The van der Waals surface area contributed by atoms with Crippen LogP contribution in [-0.2, 0) is 11.8 Å². The van der Waals surface area contributed by atoms with Gasteiger partial charge in [-0.2, -0.15) is 0 Å². The largest absolute Gasteiger partial charge is 0.436 e. The van der Waals surface area contributed by atoms with Gasteiger partial charge in [0.2, 0.25) is 5.71 Å². The van der Waals surface area contributed by atoms with Crippen LogP contribution in [0.4, 0.5) is 0 Å². The van der Waals surface area contributed by atoms with Crippen molar-refractivity contribution < 1.29 is 4.42 Å². The number of aryl methyl sites for hydroxylation is 1. The molecule has 0 aliphatic rings. The minimum atomic E-state index is 0.00764. The van der Waals surface area contributed by atoms with Gasteiger partial charge < -0.3 is 4.42 Å². The molecule has 0 fully saturated rings. The Labute approximate surface area is 209 Å². The highest BCUT2D eigenvalue weighted by atomic mass is 32.1. The van der Waals surface area contributed by atoms with Crippen LogP contribution in [0.3, 0.4) is 0 Å². The van der Waals surface area contributed by atoms with Gasteiger partial charge in [0.15, 0.2) is 5.58 Å². The third kappa shape index (κ3) is 3.54. The Balaban J connectivity index is 1.66. The van der Waals surface area contributed by atoms with Crippen molar-refractivity contribution in [3.8, 4) is 11.3 Å². The lowest BCUT2D eigenvalue weighted by Crippen LogP contribution is -2.12. The molecule has 0 aliphatic heterocycles. The van der Waals surface area contributed by atoms with Gasteiger partial charge in [-0.3, -0.25) is 0 Å². The van der Waals surface area contributed by atoms with E-state index in [-0.39, 0.29) is 5.41 Å². The Kier molecular flexibility index (Phi) is 5.01. The summed E-state index contributed by atoms with van der Waals surface area (Å²) in [5.74, 6) is 0.621. The molecule has 3 aromatic heterocycles. The van der Waals surface area contributed by atoms with E-state index in [2.05, 4.69) is 95.1 Å². The van der Waals surface area contributed by atoms with Crippen molar-refractivity contribution in [2.24, 2.45) is 5.92 Å². The molecule has 176 valence electrons. The van der Waals surface area contributed by atoms with Crippen LogP contribution in [0.1, 0.15) is 50.6 Å². The van der Waals surface area contributed by atoms with E-state index in [0.29, 0.717) is 11.6 Å². The molecule has 0 bridgehead atoms. The minimum absolute atomic E-state index is 0.00764. The topological polar surface area (TPSA) is 38.9 Å². The van der Waals surface area contributed by atoms with Crippen molar-refractivity contribution >= 4 is 54.3 Å². The van der Waals surface area contributed by atoms with Gasteiger partial charge in [-0.1, -0.05) is 65.0 Å². The highest BCUT2D eigenvalue weighted by Gasteiger charge is 2.22. The molecule has 0 unspecified atom stereocenters. The molecule has 0 N–H and O–H groups in total. The first kappa shape index (κ1) is 22.2. The number of aromatic nitrogens is 2. The molecule has 0 saturated heterocycles. The van der Waals surface area contributed by atoms with Gasteiger partial charge in [-0.15, -0.1) is 11.3 Å². The second-order valence-corrected chi connectivity index (χ2v) is 12.2. The molecular weight excluding hydrogens is 448 g/mol. The third-order valence-corrected chi connectivity index (χ3v) is 8.31. The van der Waals surface area contributed by atoms with E-state index >= 15 is 0 Å². The van der Waals surface area contributed by atoms with Crippen LogP contribution in [0.15, 0.2) is 59.3 Å².